The lowest BCUT2D eigenvalue weighted by Gasteiger charge is -2.06. The average Bonchev–Trinajstić information content (AvgIpc) is 2.92. The first-order chi connectivity index (χ1) is 10.3. The van der Waals surface area contributed by atoms with Crippen LogP contribution in [0.1, 0.15) is 15.2 Å². The minimum atomic E-state index is -0.0576. The Bertz CT molecular complexity index is 746. The molecule has 0 saturated carbocycles. The Morgan fingerprint density at radius 3 is 2.76 bits per heavy atom. The summed E-state index contributed by atoms with van der Waals surface area (Å²) in [4.78, 5) is 13.1. The topological polar surface area (TPSA) is 41.1 Å². The van der Waals surface area contributed by atoms with E-state index in [0.717, 1.165) is 32.8 Å². The van der Waals surface area contributed by atoms with Crippen molar-refractivity contribution < 1.29 is 4.79 Å². The zero-order valence-electron chi connectivity index (χ0n) is 11.7. The van der Waals surface area contributed by atoms with Crippen LogP contribution in [0.5, 0.6) is 0 Å². The summed E-state index contributed by atoms with van der Waals surface area (Å²) in [6.07, 6.45) is 0. The van der Waals surface area contributed by atoms with Gasteiger partial charge in [0, 0.05) is 16.9 Å². The molecule has 3 nitrogen and oxygen atoms in total. The van der Waals surface area contributed by atoms with Crippen LogP contribution in [0.4, 0.5) is 5.69 Å². The number of amides is 1. The smallest absolute Gasteiger partial charge is 0.265 e. The minimum absolute atomic E-state index is 0.0576. The highest BCUT2D eigenvalue weighted by molar-refractivity contribution is 7.20. The highest BCUT2D eigenvalue weighted by Gasteiger charge is 2.10. The Morgan fingerprint density at radius 1 is 1.10 bits per heavy atom. The number of anilines is 1. The molecule has 21 heavy (non-hydrogen) atoms. The fraction of sp³-hybridized carbons (Fsp3) is 0.118. The van der Waals surface area contributed by atoms with Crippen LogP contribution in [0.25, 0.3) is 10.1 Å². The summed E-state index contributed by atoms with van der Waals surface area (Å²) in [6.45, 7) is 0.784. The lowest BCUT2D eigenvalue weighted by Crippen LogP contribution is -2.11. The van der Waals surface area contributed by atoms with Gasteiger partial charge in [-0.25, -0.2) is 0 Å². The van der Waals surface area contributed by atoms with Gasteiger partial charge in [-0.1, -0.05) is 30.3 Å². The first-order valence-electron chi connectivity index (χ1n) is 6.80. The molecule has 0 fully saturated rings. The monoisotopic (exact) mass is 296 g/mol. The molecule has 0 aliphatic carbocycles. The zero-order valence-corrected chi connectivity index (χ0v) is 12.5. The third-order valence-corrected chi connectivity index (χ3v) is 4.33. The third-order valence-electron chi connectivity index (χ3n) is 3.22. The highest BCUT2D eigenvalue weighted by atomic mass is 32.1. The number of fused-ring (bicyclic) bond motifs is 1. The summed E-state index contributed by atoms with van der Waals surface area (Å²) >= 11 is 1.51. The van der Waals surface area contributed by atoms with Gasteiger partial charge in [0.15, 0.2) is 0 Å². The van der Waals surface area contributed by atoms with Crippen molar-refractivity contribution in [2.75, 3.05) is 12.4 Å². The standard InChI is InChI=1S/C17H16N2OS/c1-18-11-12-5-4-7-14(9-12)19-17(20)16-10-13-6-2-3-8-15(13)21-16/h2-10,18H,11H2,1H3,(H,19,20). The predicted molar refractivity (Wildman–Crippen MR) is 89.0 cm³/mol. The van der Waals surface area contributed by atoms with Crippen LogP contribution < -0.4 is 10.6 Å². The summed E-state index contributed by atoms with van der Waals surface area (Å²) < 4.78 is 1.13. The highest BCUT2D eigenvalue weighted by Crippen LogP contribution is 2.26. The molecule has 3 aromatic rings. The number of hydrogen-bond donors (Lipinski definition) is 2. The number of carbonyl (C=O) groups excluding carboxylic acids is 1. The summed E-state index contributed by atoms with van der Waals surface area (Å²) in [7, 11) is 1.91. The Balaban J connectivity index is 1.80. The second-order valence-corrected chi connectivity index (χ2v) is 5.92. The van der Waals surface area contributed by atoms with Gasteiger partial charge < -0.3 is 10.6 Å². The quantitative estimate of drug-likeness (QED) is 0.767. The average molecular weight is 296 g/mol. The summed E-state index contributed by atoms with van der Waals surface area (Å²) in [5, 5.41) is 7.17. The van der Waals surface area contributed by atoms with Gasteiger partial charge in [0.05, 0.1) is 4.88 Å². The second-order valence-electron chi connectivity index (χ2n) is 4.83. The van der Waals surface area contributed by atoms with Crippen molar-refractivity contribution in [1.82, 2.24) is 5.32 Å². The molecule has 4 heteroatoms. The van der Waals surface area contributed by atoms with Crippen molar-refractivity contribution in [1.29, 1.82) is 0 Å². The molecule has 0 spiro atoms. The van der Waals surface area contributed by atoms with Crippen molar-refractivity contribution in [2.45, 2.75) is 6.54 Å². The van der Waals surface area contributed by atoms with E-state index in [0.29, 0.717) is 0 Å². The Hall–Kier alpha value is -2.17. The molecule has 1 heterocycles. The summed E-state index contributed by atoms with van der Waals surface area (Å²) in [5.74, 6) is -0.0576. The number of benzene rings is 2. The maximum absolute atomic E-state index is 12.3. The van der Waals surface area contributed by atoms with Gasteiger partial charge in [-0.2, -0.15) is 0 Å². The van der Waals surface area contributed by atoms with Crippen LogP contribution in [0, 0.1) is 0 Å². The largest absolute Gasteiger partial charge is 0.321 e. The second kappa shape index (κ2) is 6.08. The van der Waals surface area contributed by atoms with Crippen LogP contribution in [0.3, 0.4) is 0 Å². The number of hydrogen-bond acceptors (Lipinski definition) is 3. The van der Waals surface area contributed by atoms with E-state index in [-0.39, 0.29) is 5.91 Å². The van der Waals surface area contributed by atoms with Crippen molar-refractivity contribution in [3.05, 3.63) is 65.0 Å². The molecule has 2 N–H and O–H groups in total. The number of nitrogens with one attached hydrogen (secondary N) is 2. The normalized spacial score (nSPS) is 10.7. The van der Waals surface area contributed by atoms with E-state index in [2.05, 4.69) is 10.6 Å². The first kappa shape index (κ1) is 13.8. The minimum Gasteiger partial charge on any atom is -0.321 e. The zero-order chi connectivity index (χ0) is 14.7. The number of carbonyl (C=O) groups is 1. The van der Waals surface area contributed by atoms with Crippen molar-refractivity contribution in [2.24, 2.45) is 0 Å². The fourth-order valence-electron chi connectivity index (χ4n) is 2.25. The molecule has 2 aromatic carbocycles. The number of rotatable bonds is 4. The Kier molecular flexibility index (Phi) is 3.99. The molecule has 0 bridgehead atoms. The van der Waals surface area contributed by atoms with E-state index in [1.807, 2.05) is 61.6 Å². The molecule has 0 saturated heterocycles. The summed E-state index contributed by atoms with van der Waals surface area (Å²) in [6, 6.07) is 17.8. The van der Waals surface area contributed by atoms with Gasteiger partial charge in [-0.15, -0.1) is 11.3 Å². The molecule has 1 amide bonds. The molecule has 1 aromatic heterocycles. The molecule has 106 valence electrons. The molecule has 0 atom stereocenters. The molecule has 0 radical (unpaired) electrons. The molecule has 0 aliphatic heterocycles. The van der Waals surface area contributed by atoms with Crippen LogP contribution in [-0.2, 0) is 6.54 Å². The molecule has 0 unspecified atom stereocenters. The molecule has 3 rings (SSSR count). The Labute approximate surface area is 127 Å². The van der Waals surface area contributed by atoms with Gasteiger partial charge in [-0.05, 0) is 42.3 Å². The molecular weight excluding hydrogens is 280 g/mol. The van der Waals surface area contributed by atoms with Gasteiger partial charge in [0.1, 0.15) is 0 Å². The van der Waals surface area contributed by atoms with Gasteiger partial charge in [-0.3, -0.25) is 4.79 Å². The van der Waals surface area contributed by atoms with Crippen molar-refractivity contribution >= 4 is 33.0 Å². The SMILES string of the molecule is CNCc1cccc(NC(=O)c2cc3ccccc3s2)c1. The van der Waals surface area contributed by atoms with E-state index < -0.39 is 0 Å². The van der Waals surface area contributed by atoms with Gasteiger partial charge in [0.25, 0.3) is 5.91 Å². The summed E-state index contributed by atoms with van der Waals surface area (Å²) in [5.41, 5.74) is 1.97. The van der Waals surface area contributed by atoms with Gasteiger partial charge >= 0.3 is 0 Å². The lowest BCUT2D eigenvalue weighted by atomic mass is 10.2. The third kappa shape index (κ3) is 3.12. The van der Waals surface area contributed by atoms with Crippen LogP contribution in [-0.4, -0.2) is 13.0 Å². The van der Waals surface area contributed by atoms with Crippen LogP contribution in [0.2, 0.25) is 0 Å². The van der Waals surface area contributed by atoms with Crippen molar-refractivity contribution in [3.8, 4) is 0 Å². The van der Waals surface area contributed by atoms with Crippen LogP contribution in [0.15, 0.2) is 54.6 Å². The maximum Gasteiger partial charge on any atom is 0.265 e. The van der Waals surface area contributed by atoms with E-state index in [1.165, 1.54) is 11.3 Å². The molecule has 0 aliphatic rings. The first-order valence-corrected chi connectivity index (χ1v) is 7.61. The predicted octanol–water partition coefficient (Wildman–Crippen LogP) is 3.87. The maximum atomic E-state index is 12.3. The van der Waals surface area contributed by atoms with E-state index >= 15 is 0 Å². The van der Waals surface area contributed by atoms with Gasteiger partial charge in [0.2, 0.25) is 0 Å². The Morgan fingerprint density at radius 2 is 1.95 bits per heavy atom. The lowest BCUT2D eigenvalue weighted by molar-refractivity contribution is 0.103. The number of thiophene rings is 1. The van der Waals surface area contributed by atoms with E-state index in [9.17, 15) is 4.79 Å². The van der Waals surface area contributed by atoms with Crippen LogP contribution >= 0.6 is 11.3 Å². The van der Waals surface area contributed by atoms with E-state index in [4.69, 9.17) is 0 Å². The molecular formula is C17H16N2OS. The fourth-order valence-corrected chi connectivity index (χ4v) is 3.21. The van der Waals surface area contributed by atoms with Crippen molar-refractivity contribution in [3.63, 3.8) is 0 Å². The van der Waals surface area contributed by atoms with E-state index in [1.54, 1.807) is 0 Å².